The van der Waals surface area contributed by atoms with Crippen molar-refractivity contribution in [3.05, 3.63) is 29.8 Å². The van der Waals surface area contributed by atoms with Crippen molar-refractivity contribution in [3.63, 3.8) is 0 Å². The van der Waals surface area contributed by atoms with Crippen LogP contribution in [-0.4, -0.2) is 40.8 Å². The molecule has 0 aromatic heterocycles. The van der Waals surface area contributed by atoms with Gasteiger partial charge in [0.05, 0.1) is 6.54 Å². The molecule has 1 unspecified atom stereocenters. The molecule has 20 heavy (non-hydrogen) atoms. The summed E-state index contributed by atoms with van der Waals surface area (Å²) in [6, 6.07) is 7.34. The lowest BCUT2D eigenvalue weighted by Gasteiger charge is -2.18. The number of hydrogen-bond acceptors (Lipinski definition) is 4. The average Bonchev–Trinajstić information content (AvgIpc) is 2.43. The van der Waals surface area contributed by atoms with Crippen molar-refractivity contribution in [2.75, 3.05) is 13.2 Å². The van der Waals surface area contributed by atoms with Gasteiger partial charge in [-0.25, -0.2) is 4.79 Å². The monoisotopic (exact) mass is 281 g/mol. The molecule has 110 valence electrons. The topological polar surface area (TPSA) is 95.9 Å². The number of benzene rings is 1. The van der Waals surface area contributed by atoms with E-state index in [1.54, 1.807) is 12.1 Å². The number of aliphatic hydroxyl groups is 1. The summed E-state index contributed by atoms with van der Waals surface area (Å²) in [7, 11) is 0. The lowest BCUT2D eigenvalue weighted by Crippen LogP contribution is -2.47. The molecule has 6 heteroatoms. The van der Waals surface area contributed by atoms with Crippen LogP contribution in [0.5, 0.6) is 5.75 Å². The Balaban J connectivity index is 2.38. The first-order valence-corrected chi connectivity index (χ1v) is 6.29. The van der Waals surface area contributed by atoms with Crippen LogP contribution in [0.1, 0.15) is 19.4 Å². The number of carboxylic acid groups (broad SMARTS) is 1. The van der Waals surface area contributed by atoms with Crippen LogP contribution >= 0.6 is 0 Å². The first-order chi connectivity index (χ1) is 9.35. The number of nitrogens with one attached hydrogen (secondary N) is 1. The van der Waals surface area contributed by atoms with E-state index in [0.717, 1.165) is 13.3 Å². The third-order valence-electron chi connectivity index (χ3n) is 2.79. The van der Waals surface area contributed by atoms with Crippen molar-refractivity contribution in [1.29, 1.82) is 0 Å². The first-order valence-electron chi connectivity index (χ1n) is 6.29. The number of aryl methyl sites for hydroxylation is 1. The van der Waals surface area contributed by atoms with Crippen LogP contribution in [0.2, 0.25) is 0 Å². The van der Waals surface area contributed by atoms with E-state index in [0.29, 0.717) is 5.75 Å². The highest BCUT2D eigenvalue weighted by Crippen LogP contribution is 2.12. The highest BCUT2D eigenvalue weighted by molar-refractivity contribution is 5.80. The molecule has 1 atom stereocenters. The Morgan fingerprint density at radius 1 is 1.30 bits per heavy atom. The van der Waals surface area contributed by atoms with Gasteiger partial charge in [0.15, 0.2) is 12.2 Å². The molecule has 0 heterocycles. The van der Waals surface area contributed by atoms with Gasteiger partial charge in [0.1, 0.15) is 5.75 Å². The van der Waals surface area contributed by atoms with Crippen LogP contribution in [0.3, 0.4) is 0 Å². The molecule has 0 fully saturated rings. The summed E-state index contributed by atoms with van der Waals surface area (Å²) < 4.78 is 5.25. The van der Waals surface area contributed by atoms with E-state index in [9.17, 15) is 14.7 Å². The maximum absolute atomic E-state index is 11.5. The van der Waals surface area contributed by atoms with E-state index in [1.165, 1.54) is 5.56 Å². The van der Waals surface area contributed by atoms with Gasteiger partial charge in [-0.2, -0.15) is 0 Å². The Kier molecular flexibility index (Phi) is 5.52. The second kappa shape index (κ2) is 6.91. The third kappa shape index (κ3) is 4.89. The van der Waals surface area contributed by atoms with Gasteiger partial charge in [-0.3, -0.25) is 4.79 Å². The summed E-state index contributed by atoms with van der Waals surface area (Å²) in [4.78, 5) is 22.1. The molecule has 0 aliphatic rings. The fraction of sp³-hybridized carbons (Fsp3) is 0.429. The van der Waals surface area contributed by atoms with Crippen molar-refractivity contribution in [2.24, 2.45) is 0 Å². The van der Waals surface area contributed by atoms with Crippen molar-refractivity contribution in [1.82, 2.24) is 5.32 Å². The van der Waals surface area contributed by atoms with Crippen LogP contribution in [0.4, 0.5) is 0 Å². The van der Waals surface area contributed by atoms with Gasteiger partial charge in [-0.05, 0) is 31.0 Å². The van der Waals surface area contributed by atoms with Gasteiger partial charge in [0.2, 0.25) is 0 Å². The second-order valence-electron chi connectivity index (χ2n) is 4.64. The molecule has 0 aliphatic carbocycles. The summed E-state index contributed by atoms with van der Waals surface area (Å²) in [5, 5.41) is 20.4. The van der Waals surface area contributed by atoms with Crippen LogP contribution in [0.25, 0.3) is 0 Å². The highest BCUT2D eigenvalue weighted by atomic mass is 16.5. The molecule has 3 N–H and O–H groups in total. The highest BCUT2D eigenvalue weighted by Gasteiger charge is 2.30. The number of amides is 1. The SMILES string of the molecule is CCc1ccc(OCC(=O)NCC(C)(O)C(=O)O)cc1. The number of hydrogen-bond donors (Lipinski definition) is 3. The molecule has 0 spiro atoms. The van der Waals surface area contributed by atoms with Gasteiger partial charge in [-0.1, -0.05) is 19.1 Å². The van der Waals surface area contributed by atoms with Crippen molar-refractivity contribution >= 4 is 11.9 Å². The van der Waals surface area contributed by atoms with Crippen molar-refractivity contribution in [3.8, 4) is 5.75 Å². The third-order valence-corrected chi connectivity index (χ3v) is 2.79. The second-order valence-corrected chi connectivity index (χ2v) is 4.64. The number of carbonyl (C=O) groups is 2. The van der Waals surface area contributed by atoms with Gasteiger partial charge < -0.3 is 20.3 Å². The quantitative estimate of drug-likeness (QED) is 0.679. The standard InChI is InChI=1S/C14H19NO5/c1-3-10-4-6-11(7-5-10)20-8-12(16)15-9-14(2,19)13(17)18/h4-7,19H,3,8-9H2,1-2H3,(H,15,16)(H,17,18). The zero-order chi connectivity index (χ0) is 15.2. The van der Waals surface area contributed by atoms with Gasteiger partial charge >= 0.3 is 5.97 Å². The van der Waals surface area contributed by atoms with Gasteiger partial charge in [0.25, 0.3) is 5.91 Å². The zero-order valence-electron chi connectivity index (χ0n) is 11.5. The minimum Gasteiger partial charge on any atom is -0.484 e. The summed E-state index contributed by atoms with van der Waals surface area (Å²) in [5.41, 5.74) is -0.822. The van der Waals surface area contributed by atoms with Crippen LogP contribution in [-0.2, 0) is 16.0 Å². The summed E-state index contributed by atoms with van der Waals surface area (Å²) >= 11 is 0. The molecular weight excluding hydrogens is 262 g/mol. The Labute approximate surface area is 117 Å². The lowest BCUT2D eigenvalue weighted by molar-refractivity contribution is -0.156. The summed E-state index contributed by atoms with van der Waals surface area (Å²) in [6.07, 6.45) is 0.922. The predicted octanol–water partition coefficient (Wildman–Crippen LogP) is 0.580. The Bertz CT molecular complexity index is 467. The maximum Gasteiger partial charge on any atom is 0.337 e. The molecule has 1 amide bonds. The van der Waals surface area contributed by atoms with E-state index < -0.39 is 17.5 Å². The number of carboxylic acids is 1. The Morgan fingerprint density at radius 2 is 1.90 bits per heavy atom. The molecule has 1 aromatic rings. The minimum absolute atomic E-state index is 0.235. The molecule has 0 saturated carbocycles. The molecule has 6 nitrogen and oxygen atoms in total. The van der Waals surface area contributed by atoms with E-state index in [2.05, 4.69) is 5.32 Å². The first kappa shape index (κ1) is 16.0. The largest absolute Gasteiger partial charge is 0.484 e. The number of aliphatic carboxylic acids is 1. The number of carbonyl (C=O) groups excluding carboxylic acids is 1. The van der Waals surface area contributed by atoms with Crippen LogP contribution in [0, 0.1) is 0 Å². The molecule has 1 aromatic carbocycles. The lowest BCUT2D eigenvalue weighted by atomic mass is 10.1. The molecular formula is C14H19NO5. The molecule has 0 aliphatic heterocycles. The summed E-state index contributed by atoms with van der Waals surface area (Å²) in [6.45, 7) is 2.54. The van der Waals surface area contributed by atoms with Gasteiger partial charge in [-0.15, -0.1) is 0 Å². The Hall–Kier alpha value is -2.08. The smallest absolute Gasteiger partial charge is 0.337 e. The van der Waals surface area contributed by atoms with E-state index >= 15 is 0 Å². The summed E-state index contributed by atoms with van der Waals surface area (Å²) in [5.74, 6) is -1.33. The van der Waals surface area contributed by atoms with E-state index in [1.807, 2.05) is 19.1 Å². The molecule has 0 bridgehead atoms. The maximum atomic E-state index is 11.5. The van der Waals surface area contributed by atoms with Crippen molar-refractivity contribution in [2.45, 2.75) is 25.9 Å². The number of rotatable bonds is 7. The Morgan fingerprint density at radius 3 is 2.40 bits per heavy atom. The fourth-order valence-corrected chi connectivity index (χ4v) is 1.37. The van der Waals surface area contributed by atoms with Crippen LogP contribution in [0.15, 0.2) is 24.3 Å². The van der Waals surface area contributed by atoms with Gasteiger partial charge in [0, 0.05) is 0 Å². The number of ether oxygens (including phenoxy) is 1. The predicted molar refractivity (Wildman–Crippen MR) is 72.6 cm³/mol. The average molecular weight is 281 g/mol. The minimum atomic E-state index is -1.99. The molecule has 1 rings (SSSR count). The van der Waals surface area contributed by atoms with E-state index in [4.69, 9.17) is 9.84 Å². The van der Waals surface area contributed by atoms with Crippen LogP contribution < -0.4 is 10.1 Å². The van der Waals surface area contributed by atoms with Crippen molar-refractivity contribution < 1.29 is 24.5 Å². The van der Waals surface area contributed by atoms with E-state index in [-0.39, 0.29) is 13.2 Å². The zero-order valence-corrected chi connectivity index (χ0v) is 11.5. The molecule has 0 radical (unpaired) electrons. The normalized spacial score (nSPS) is 13.3. The molecule has 0 saturated heterocycles. The fourth-order valence-electron chi connectivity index (χ4n) is 1.37.